The maximum absolute atomic E-state index is 5.84. The minimum atomic E-state index is 0.589. The van der Waals surface area contributed by atoms with Crippen molar-refractivity contribution in [1.29, 1.82) is 0 Å². The van der Waals surface area contributed by atoms with Crippen LogP contribution >= 0.6 is 0 Å². The molecule has 2 aromatic rings. The number of nitrogens with zero attached hydrogens (tertiary/aromatic N) is 3. The summed E-state index contributed by atoms with van der Waals surface area (Å²) in [4.78, 5) is 7.24. The Morgan fingerprint density at radius 2 is 1.60 bits per heavy atom. The second-order valence-electron chi connectivity index (χ2n) is 7.77. The van der Waals surface area contributed by atoms with E-state index >= 15 is 0 Å². The van der Waals surface area contributed by atoms with Gasteiger partial charge in [0.2, 0.25) is 0 Å². The molecule has 0 spiro atoms. The van der Waals surface area contributed by atoms with Crippen molar-refractivity contribution in [3.63, 3.8) is 0 Å². The Morgan fingerprint density at radius 1 is 0.900 bits per heavy atom. The first-order valence-corrected chi connectivity index (χ1v) is 11.2. The van der Waals surface area contributed by atoms with Crippen LogP contribution in [0.4, 0.5) is 5.69 Å². The van der Waals surface area contributed by atoms with Crippen molar-refractivity contribution in [2.24, 2.45) is 5.73 Å². The minimum absolute atomic E-state index is 0.589. The Balaban J connectivity index is 0.00000155. The zero-order valence-electron chi connectivity index (χ0n) is 19.3. The van der Waals surface area contributed by atoms with Crippen LogP contribution in [-0.2, 0) is 24.4 Å². The van der Waals surface area contributed by atoms with E-state index in [1.165, 1.54) is 22.4 Å². The third-order valence-corrected chi connectivity index (χ3v) is 5.23. The van der Waals surface area contributed by atoms with Crippen molar-refractivity contribution in [1.82, 2.24) is 9.80 Å². The monoisotopic (exact) mass is 412 g/mol. The molecule has 1 fully saturated rings. The molecule has 1 heterocycles. The number of benzene rings is 2. The van der Waals surface area contributed by atoms with Crippen molar-refractivity contribution in [3.8, 4) is 0 Å². The number of nitrogens with two attached hydrogens (primary N) is 1. The first-order valence-electron chi connectivity index (χ1n) is 11.2. The standard InChI is InChI=1S/C23H34N4O.C2H6/c1-25(2)10-11-26(18-21-7-5-6-20(16-21)17-24)19-22-8-3-4-9-23(22)27-12-14-28-15-13-27;1-2/h3-9,16H,10-15,17-19,24H2,1-2H3;1-2H3. The van der Waals surface area contributed by atoms with Crippen molar-refractivity contribution >= 4 is 5.69 Å². The summed E-state index contributed by atoms with van der Waals surface area (Å²) in [6.45, 7) is 12.1. The highest BCUT2D eigenvalue weighted by atomic mass is 16.5. The lowest BCUT2D eigenvalue weighted by molar-refractivity contribution is 0.122. The molecule has 3 rings (SSSR count). The number of ether oxygens (including phenoxy) is 1. The van der Waals surface area contributed by atoms with Gasteiger partial charge in [-0.2, -0.15) is 0 Å². The van der Waals surface area contributed by atoms with Gasteiger partial charge >= 0.3 is 0 Å². The Morgan fingerprint density at radius 3 is 2.30 bits per heavy atom. The van der Waals surface area contributed by atoms with Crippen LogP contribution in [0.5, 0.6) is 0 Å². The van der Waals surface area contributed by atoms with Gasteiger partial charge in [-0.15, -0.1) is 0 Å². The van der Waals surface area contributed by atoms with Gasteiger partial charge in [-0.25, -0.2) is 0 Å². The average molecular weight is 413 g/mol. The van der Waals surface area contributed by atoms with Crippen LogP contribution in [0.25, 0.3) is 0 Å². The molecule has 0 amide bonds. The number of morpholine rings is 1. The lowest BCUT2D eigenvalue weighted by atomic mass is 10.1. The Hall–Kier alpha value is -1.92. The molecule has 1 aliphatic heterocycles. The van der Waals surface area contributed by atoms with E-state index in [1.54, 1.807) is 0 Å². The molecule has 1 saturated heterocycles. The van der Waals surface area contributed by atoms with Gasteiger partial charge in [0.05, 0.1) is 13.2 Å². The summed E-state index contributed by atoms with van der Waals surface area (Å²) in [6.07, 6.45) is 0. The fourth-order valence-corrected chi connectivity index (χ4v) is 3.67. The maximum Gasteiger partial charge on any atom is 0.0642 e. The summed E-state index contributed by atoms with van der Waals surface area (Å²) in [6, 6.07) is 17.5. The van der Waals surface area contributed by atoms with Crippen molar-refractivity contribution < 1.29 is 4.74 Å². The predicted octanol–water partition coefficient (Wildman–Crippen LogP) is 3.57. The van der Waals surface area contributed by atoms with Crippen molar-refractivity contribution in [3.05, 3.63) is 65.2 Å². The Bertz CT molecular complexity index is 729. The third kappa shape index (κ3) is 7.73. The van der Waals surface area contributed by atoms with Gasteiger partial charge in [0.15, 0.2) is 0 Å². The van der Waals surface area contributed by atoms with Crippen LogP contribution in [0.15, 0.2) is 48.5 Å². The highest BCUT2D eigenvalue weighted by molar-refractivity contribution is 5.54. The molecule has 0 aromatic heterocycles. The van der Waals surface area contributed by atoms with E-state index in [0.717, 1.165) is 52.5 Å². The number of hydrogen-bond donors (Lipinski definition) is 1. The molecule has 1 aliphatic rings. The van der Waals surface area contributed by atoms with E-state index in [1.807, 2.05) is 13.8 Å². The number of hydrogen-bond acceptors (Lipinski definition) is 5. The van der Waals surface area contributed by atoms with E-state index in [9.17, 15) is 0 Å². The Labute approximate surface area is 183 Å². The van der Waals surface area contributed by atoms with Gasteiger partial charge in [0, 0.05) is 51.5 Å². The zero-order valence-corrected chi connectivity index (χ0v) is 19.3. The molecule has 5 heteroatoms. The minimum Gasteiger partial charge on any atom is -0.378 e. The number of likely N-dealkylation sites (N-methyl/N-ethyl adjacent to an activating group) is 1. The van der Waals surface area contributed by atoms with Crippen molar-refractivity contribution in [2.45, 2.75) is 33.5 Å². The molecule has 0 atom stereocenters. The van der Waals surface area contributed by atoms with Crippen LogP contribution in [0.2, 0.25) is 0 Å². The lowest BCUT2D eigenvalue weighted by Crippen LogP contribution is -2.37. The van der Waals surface area contributed by atoms with Gasteiger partial charge in [-0.1, -0.05) is 56.3 Å². The number of anilines is 1. The molecule has 0 saturated carbocycles. The molecular formula is C25H40N4O. The van der Waals surface area contributed by atoms with Crippen LogP contribution < -0.4 is 10.6 Å². The second-order valence-corrected chi connectivity index (χ2v) is 7.77. The van der Waals surface area contributed by atoms with Crippen LogP contribution in [0.3, 0.4) is 0 Å². The molecule has 0 bridgehead atoms. The number of para-hydroxylation sites is 1. The summed E-state index contributed by atoms with van der Waals surface area (Å²) in [5, 5.41) is 0. The molecule has 0 radical (unpaired) electrons. The fraction of sp³-hybridized carbons (Fsp3) is 0.520. The van der Waals surface area contributed by atoms with Gasteiger partial charge in [0.25, 0.3) is 0 Å². The quantitative estimate of drug-likeness (QED) is 0.682. The van der Waals surface area contributed by atoms with Gasteiger partial charge in [-0.3, -0.25) is 4.90 Å². The summed E-state index contributed by atoms with van der Waals surface area (Å²) in [7, 11) is 4.27. The second kappa shape index (κ2) is 13.4. The maximum atomic E-state index is 5.84. The lowest BCUT2D eigenvalue weighted by Gasteiger charge is -2.32. The Kier molecular flexibility index (Phi) is 10.9. The third-order valence-electron chi connectivity index (χ3n) is 5.23. The molecule has 0 aliphatic carbocycles. The van der Waals surface area contributed by atoms with E-state index in [0.29, 0.717) is 6.54 Å². The largest absolute Gasteiger partial charge is 0.378 e. The van der Waals surface area contributed by atoms with Gasteiger partial charge in [0.1, 0.15) is 0 Å². The fourth-order valence-electron chi connectivity index (χ4n) is 3.67. The number of rotatable bonds is 9. The summed E-state index contributed by atoms with van der Waals surface area (Å²) in [5.74, 6) is 0. The van der Waals surface area contributed by atoms with E-state index < -0.39 is 0 Å². The molecule has 166 valence electrons. The molecular weight excluding hydrogens is 372 g/mol. The SMILES string of the molecule is CC.CN(C)CCN(Cc1cccc(CN)c1)Cc1ccccc1N1CCOCC1. The summed E-state index contributed by atoms with van der Waals surface area (Å²) < 4.78 is 5.54. The highest BCUT2D eigenvalue weighted by Crippen LogP contribution is 2.24. The zero-order chi connectivity index (χ0) is 21.8. The summed E-state index contributed by atoms with van der Waals surface area (Å²) >= 11 is 0. The predicted molar refractivity (Wildman–Crippen MR) is 128 cm³/mol. The molecule has 2 N–H and O–H groups in total. The van der Waals surface area contributed by atoms with E-state index in [4.69, 9.17) is 10.5 Å². The van der Waals surface area contributed by atoms with Gasteiger partial charge in [-0.05, 0) is 36.9 Å². The normalized spacial score (nSPS) is 14.0. The molecule has 30 heavy (non-hydrogen) atoms. The van der Waals surface area contributed by atoms with Gasteiger partial charge < -0.3 is 20.3 Å². The molecule has 0 unspecified atom stereocenters. The first kappa shape index (κ1) is 24.4. The van der Waals surface area contributed by atoms with Crippen LogP contribution in [-0.4, -0.2) is 63.3 Å². The van der Waals surface area contributed by atoms with Crippen LogP contribution in [0.1, 0.15) is 30.5 Å². The molecule has 5 nitrogen and oxygen atoms in total. The average Bonchev–Trinajstić information content (AvgIpc) is 2.80. The van der Waals surface area contributed by atoms with Crippen molar-refractivity contribution in [2.75, 3.05) is 58.4 Å². The van der Waals surface area contributed by atoms with Crippen LogP contribution in [0, 0.1) is 0 Å². The van der Waals surface area contributed by atoms with E-state index in [-0.39, 0.29) is 0 Å². The summed E-state index contributed by atoms with van der Waals surface area (Å²) in [5.41, 5.74) is 11.1. The highest BCUT2D eigenvalue weighted by Gasteiger charge is 2.16. The molecule has 2 aromatic carbocycles. The smallest absolute Gasteiger partial charge is 0.0642 e. The topological polar surface area (TPSA) is 45.0 Å². The van der Waals surface area contributed by atoms with E-state index in [2.05, 4.69) is 77.3 Å². The first-order chi connectivity index (χ1) is 14.7.